The molecule has 0 heterocycles. The predicted molar refractivity (Wildman–Crippen MR) is 96.9 cm³/mol. The SMILES string of the molecule is O=C(NC(=S)Nc1ccc(Br)cc1F)c1ccc(I)cc1. The van der Waals surface area contributed by atoms with E-state index in [0.29, 0.717) is 10.0 Å². The van der Waals surface area contributed by atoms with Crippen molar-refractivity contribution in [2.45, 2.75) is 0 Å². The second-order valence-electron chi connectivity index (χ2n) is 4.04. The van der Waals surface area contributed by atoms with Gasteiger partial charge in [-0.15, -0.1) is 0 Å². The summed E-state index contributed by atoms with van der Waals surface area (Å²) in [6, 6.07) is 11.5. The van der Waals surface area contributed by atoms with Crippen LogP contribution in [0.25, 0.3) is 0 Å². The summed E-state index contributed by atoms with van der Waals surface area (Å²) in [5.74, 6) is -0.809. The van der Waals surface area contributed by atoms with E-state index in [-0.39, 0.29) is 16.7 Å². The molecule has 3 nitrogen and oxygen atoms in total. The molecule has 0 aliphatic carbocycles. The quantitative estimate of drug-likeness (QED) is 0.499. The zero-order valence-electron chi connectivity index (χ0n) is 10.5. The molecule has 0 unspecified atom stereocenters. The van der Waals surface area contributed by atoms with Crippen LogP contribution in [0.15, 0.2) is 46.9 Å². The van der Waals surface area contributed by atoms with Crippen LogP contribution in [0, 0.1) is 9.39 Å². The predicted octanol–water partition coefficient (Wildman–Crippen LogP) is 4.32. The third-order valence-corrected chi connectivity index (χ3v) is 3.93. The van der Waals surface area contributed by atoms with Crippen molar-refractivity contribution in [1.29, 1.82) is 0 Å². The van der Waals surface area contributed by atoms with Crippen LogP contribution in [0.5, 0.6) is 0 Å². The number of hydrogen-bond donors (Lipinski definition) is 2. The minimum absolute atomic E-state index is 0.0415. The molecule has 0 atom stereocenters. The van der Waals surface area contributed by atoms with Gasteiger partial charge < -0.3 is 5.32 Å². The van der Waals surface area contributed by atoms with Crippen molar-refractivity contribution in [2.75, 3.05) is 5.32 Å². The highest BCUT2D eigenvalue weighted by Gasteiger charge is 2.09. The van der Waals surface area contributed by atoms with Crippen molar-refractivity contribution in [2.24, 2.45) is 0 Å². The standard InChI is InChI=1S/C14H9BrFIN2OS/c15-9-3-6-12(11(16)7-9)18-14(21)19-13(20)8-1-4-10(17)5-2-8/h1-7H,(H2,18,19,20,21). The number of thiocarbonyl (C=S) groups is 1. The average molecular weight is 479 g/mol. The van der Waals surface area contributed by atoms with Gasteiger partial charge in [-0.25, -0.2) is 4.39 Å². The van der Waals surface area contributed by atoms with E-state index >= 15 is 0 Å². The fraction of sp³-hybridized carbons (Fsp3) is 0. The van der Waals surface area contributed by atoms with Crippen LogP contribution in [-0.4, -0.2) is 11.0 Å². The molecule has 0 aromatic heterocycles. The Kier molecular flexibility index (Phi) is 5.65. The summed E-state index contributed by atoms with van der Waals surface area (Å²) in [6.07, 6.45) is 0. The molecule has 0 aliphatic rings. The molecule has 0 spiro atoms. The summed E-state index contributed by atoms with van der Waals surface area (Å²) in [7, 11) is 0. The van der Waals surface area contributed by atoms with Gasteiger partial charge in [0.25, 0.3) is 5.91 Å². The number of anilines is 1. The lowest BCUT2D eigenvalue weighted by Gasteiger charge is -2.10. The summed E-state index contributed by atoms with van der Waals surface area (Å²) in [4.78, 5) is 12.0. The Morgan fingerprint density at radius 3 is 2.48 bits per heavy atom. The summed E-state index contributed by atoms with van der Waals surface area (Å²) in [5, 5.41) is 5.20. The number of nitrogens with one attached hydrogen (secondary N) is 2. The zero-order valence-corrected chi connectivity index (χ0v) is 15.1. The molecule has 21 heavy (non-hydrogen) atoms. The maximum absolute atomic E-state index is 13.6. The first-order chi connectivity index (χ1) is 9.95. The molecular formula is C14H9BrFIN2OS. The Bertz CT molecular complexity index is 694. The van der Waals surface area contributed by atoms with E-state index in [9.17, 15) is 9.18 Å². The maximum Gasteiger partial charge on any atom is 0.257 e. The molecule has 0 bridgehead atoms. The second kappa shape index (κ2) is 7.28. The molecule has 2 N–H and O–H groups in total. The maximum atomic E-state index is 13.6. The van der Waals surface area contributed by atoms with Crippen LogP contribution in [0.4, 0.5) is 10.1 Å². The number of hydrogen-bond acceptors (Lipinski definition) is 2. The molecule has 2 aromatic rings. The van der Waals surface area contributed by atoms with Crippen molar-refractivity contribution in [3.05, 3.63) is 61.9 Å². The Hall–Kier alpha value is -1.06. The molecule has 0 aliphatic heterocycles. The Balaban J connectivity index is 2.01. The molecule has 0 radical (unpaired) electrons. The third-order valence-electron chi connectivity index (χ3n) is 2.51. The van der Waals surface area contributed by atoms with Crippen molar-refractivity contribution < 1.29 is 9.18 Å². The first kappa shape index (κ1) is 16.3. The van der Waals surface area contributed by atoms with Gasteiger partial charge >= 0.3 is 0 Å². The Morgan fingerprint density at radius 2 is 1.86 bits per heavy atom. The molecule has 2 rings (SSSR count). The van der Waals surface area contributed by atoms with Crippen LogP contribution in [0.2, 0.25) is 0 Å². The van der Waals surface area contributed by atoms with Crippen molar-refractivity contribution in [3.63, 3.8) is 0 Å². The van der Waals surface area contributed by atoms with Crippen molar-refractivity contribution in [3.8, 4) is 0 Å². The monoisotopic (exact) mass is 478 g/mol. The number of benzene rings is 2. The number of halogens is 3. The van der Waals surface area contributed by atoms with E-state index in [1.807, 2.05) is 12.1 Å². The van der Waals surface area contributed by atoms with Crippen LogP contribution >= 0.6 is 50.7 Å². The Morgan fingerprint density at radius 1 is 1.19 bits per heavy atom. The summed E-state index contributed by atoms with van der Waals surface area (Å²) in [5.41, 5.74) is 0.682. The first-order valence-electron chi connectivity index (χ1n) is 5.78. The number of amides is 1. The van der Waals surface area contributed by atoms with Gasteiger partial charge in [0.15, 0.2) is 5.11 Å². The highest BCUT2D eigenvalue weighted by molar-refractivity contribution is 14.1. The molecule has 7 heteroatoms. The first-order valence-corrected chi connectivity index (χ1v) is 8.06. The van der Waals surface area contributed by atoms with E-state index in [1.54, 1.807) is 18.2 Å². The summed E-state index contributed by atoms with van der Waals surface area (Å²) < 4.78 is 15.3. The fourth-order valence-electron chi connectivity index (χ4n) is 1.52. The van der Waals surface area contributed by atoms with Gasteiger partial charge in [0.2, 0.25) is 0 Å². The topological polar surface area (TPSA) is 41.1 Å². The zero-order chi connectivity index (χ0) is 15.4. The van der Waals surface area contributed by atoms with Gasteiger partial charge in [0, 0.05) is 13.6 Å². The fourth-order valence-corrected chi connectivity index (χ4v) is 2.42. The molecule has 0 fully saturated rings. The number of rotatable bonds is 2. The molecule has 108 valence electrons. The highest BCUT2D eigenvalue weighted by atomic mass is 127. The number of carbonyl (C=O) groups excluding carboxylic acids is 1. The van der Waals surface area contributed by atoms with Gasteiger partial charge in [-0.2, -0.15) is 0 Å². The second-order valence-corrected chi connectivity index (χ2v) is 6.61. The van der Waals surface area contributed by atoms with E-state index in [4.69, 9.17) is 12.2 Å². The van der Waals surface area contributed by atoms with Crippen molar-refractivity contribution in [1.82, 2.24) is 5.32 Å². The lowest BCUT2D eigenvalue weighted by atomic mass is 10.2. The number of carbonyl (C=O) groups is 1. The lowest BCUT2D eigenvalue weighted by Crippen LogP contribution is -2.34. The van der Waals surface area contributed by atoms with Crippen LogP contribution in [0.1, 0.15) is 10.4 Å². The van der Waals surface area contributed by atoms with Crippen LogP contribution in [-0.2, 0) is 0 Å². The lowest BCUT2D eigenvalue weighted by molar-refractivity contribution is 0.0977. The van der Waals surface area contributed by atoms with E-state index in [0.717, 1.165) is 3.57 Å². The molecule has 0 saturated heterocycles. The average Bonchev–Trinajstić information content (AvgIpc) is 2.42. The van der Waals surface area contributed by atoms with E-state index in [1.165, 1.54) is 12.1 Å². The van der Waals surface area contributed by atoms with Crippen molar-refractivity contribution >= 4 is 67.4 Å². The van der Waals surface area contributed by atoms with Gasteiger partial charge in [-0.1, -0.05) is 15.9 Å². The van der Waals surface area contributed by atoms with E-state index in [2.05, 4.69) is 49.2 Å². The summed E-state index contributed by atoms with van der Waals surface area (Å²) in [6.45, 7) is 0. The molecule has 2 aromatic carbocycles. The molecular weight excluding hydrogens is 470 g/mol. The largest absolute Gasteiger partial charge is 0.330 e. The normalized spacial score (nSPS) is 10.0. The minimum atomic E-state index is -0.463. The smallest absolute Gasteiger partial charge is 0.257 e. The van der Waals surface area contributed by atoms with Gasteiger partial charge in [0.1, 0.15) is 5.82 Å². The van der Waals surface area contributed by atoms with Crippen LogP contribution < -0.4 is 10.6 Å². The van der Waals surface area contributed by atoms with Gasteiger partial charge in [-0.05, 0) is 77.3 Å². The molecule has 0 saturated carbocycles. The summed E-state index contributed by atoms with van der Waals surface area (Å²) >= 11 is 10.3. The van der Waals surface area contributed by atoms with Gasteiger partial charge in [-0.3, -0.25) is 10.1 Å². The highest BCUT2D eigenvalue weighted by Crippen LogP contribution is 2.19. The molecule has 1 amide bonds. The Labute approximate surface area is 148 Å². The van der Waals surface area contributed by atoms with Gasteiger partial charge in [0.05, 0.1) is 5.69 Å². The third kappa shape index (κ3) is 4.72. The minimum Gasteiger partial charge on any atom is -0.330 e. The van der Waals surface area contributed by atoms with E-state index < -0.39 is 5.82 Å². The van der Waals surface area contributed by atoms with Crippen LogP contribution in [0.3, 0.4) is 0 Å².